The van der Waals surface area contributed by atoms with E-state index in [1.54, 1.807) is 31.2 Å². The lowest BCUT2D eigenvalue weighted by Gasteiger charge is -2.08. The van der Waals surface area contributed by atoms with Crippen LogP contribution in [0.15, 0.2) is 69.2 Å². The molecular formula is C23H17NO4S. The number of hydrogen-bond acceptors (Lipinski definition) is 6. The first-order valence-electron chi connectivity index (χ1n) is 8.96. The largest absolute Gasteiger partial charge is 0.460 e. The van der Waals surface area contributed by atoms with Gasteiger partial charge in [-0.05, 0) is 37.6 Å². The third kappa shape index (κ3) is 4.02. The van der Waals surface area contributed by atoms with Gasteiger partial charge in [0.2, 0.25) is 5.43 Å². The number of benzene rings is 2. The summed E-state index contributed by atoms with van der Waals surface area (Å²) in [7, 11) is 0. The molecule has 0 radical (unpaired) electrons. The quantitative estimate of drug-likeness (QED) is 0.268. The summed E-state index contributed by atoms with van der Waals surface area (Å²) in [5, 5.41) is 3.22. The van der Waals surface area contributed by atoms with E-state index >= 15 is 0 Å². The van der Waals surface area contributed by atoms with Crippen molar-refractivity contribution in [3.8, 4) is 16.9 Å². The second-order valence-electron chi connectivity index (χ2n) is 6.43. The molecule has 0 amide bonds. The van der Waals surface area contributed by atoms with Crippen molar-refractivity contribution >= 4 is 34.4 Å². The van der Waals surface area contributed by atoms with Crippen LogP contribution in [-0.4, -0.2) is 11.0 Å². The number of thiazole rings is 1. The van der Waals surface area contributed by atoms with Crippen LogP contribution in [0.1, 0.15) is 16.5 Å². The Morgan fingerprint density at radius 3 is 2.66 bits per heavy atom. The number of fused-ring (bicyclic) bond motifs is 1. The van der Waals surface area contributed by atoms with Crippen LogP contribution in [0.2, 0.25) is 0 Å². The van der Waals surface area contributed by atoms with Crippen LogP contribution >= 0.6 is 11.3 Å². The van der Waals surface area contributed by atoms with Gasteiger partial charge < -0.3 is 9.15 Å². The summed E-state index contributed by atoms with van der Waals surface area (Å²) in [5.74, 6) is 0.280. The minimum Gasteiger partial charge on any atom is -0.460 e. The molecule has 0 atom stereocenters. The van der Waals surface area contributed by atoms with Crippen molar-refractivity contribution in [2.45, 2.75) is 13.8 Å². The average molecular weight is 403 g/mol. The van der Waals surface area contributed by atoms with E-state index in [0.29, 0.717) is 33.7 Å². The predicted molar refractivity (Wildman–Crippen MR) is 114 cm³/mol. The average Bonchev–Trinajstić information content (AvgIpc) is 3.12. The van der Waals surface area contributed by atoms with Crippen molar-refractivity contribution in [2.75, 3.05) is 0 Å². The standard InChI is InChI=1S/C23H17NO4S/c1-14-22(16-6-4-3-5-7-16)23(26)19-10-9-18(12-20(19)27-14)28-21(25)11-8-17-13-29-15(2)24-17/h3-13H,1-2H3/b11-8+. The maximum absolute atomic E-state index is 13.0. The van der Waals surface area contributed by atoms with Crippen LogP contribution in [0.5, 0.6) is 5.75 Å². The molecular weight excluding hydrogens is 386 g/mol. The van der Waals surface area contributed by atoms with E-state index in [9.17, 15) is 9.59 Å². The Morgan fingerprint density at radius 2 is 1.93 bits per heavy atom. The summed E-state index contributed by atoms with van der Waals surface area (Å²) in [6, 6.07) is 14.1. The maximum Gasteiger partial charge on any atom is 0.336 e. The van der Waals surface area contributed by atoms with E-state index in [2.05, 4.69) is 4.98 Å². The Morgan fingerprint density at radius 1 is 1.14 bits per heavy atom. The van der Waals surface area contributed by atoms with E-state index in [0.717, 1.165) is 10.6 Å². The third-order valence-corrected chi connectivity index (χ3v) is 5.14. The lowest BCUT2D eigenvalue weighted by atomic mass is 10.0. The number of aryl methyl sites for hydroxylation is 2. The van der Waals surface area contributed by atoms with Gasteiger partial charge in [-0.25, -0.2) is 9.78 Å². The van der Waals surface area contributed by atoms with Crippen molar-refractivity contribution in [1.82, 2.24) is 4.98 Å². The minimum atomic E-state index is -0.532. The highest BCUT2D eigenvalue weighted by Gasteiger charge is 2.14. The van der Waals surface area contributed by atoms with Crippen LogP contribution in [-0.2, 0) is 4.79 Å². The van der Waals surface area contributed by atoms with E-state index in [-0.39, 0.29) is 5.43 Å². The monoisotopic (exact) mass is 403 g/mol. The van der Waals surface area contributed by atoms with Crippen LogP contribution in [0, 0.1) is 13.8 Å². The fourth-order valence-electron chi connectivity index (χ4n) is 3.05. The van der Waals surface area contributed by atoms with Gasteiger partial charge in [-0.15, -0.1) is 11.3 Å². The van der Waals surface area contributed by atoms with Gasteiger partial charge >= 0.3 is 5.97 Å². The van der Waals surface area contributed by atoms with Crippen molar-refractivity contribution in [1.29, 1.82) is 0 Å². The summed E-state index contributed by atoms with van der Waals surface area (Å²) in [5.41, 5.74) is 2.30. The molecule has 2 heterocycles. The normalized spacial score (nSPS) is 11.2. The highest BCUT2D eigenvalue weighted by molar-refractivity contribution is 7.09. The molecule has 0 aliphatic heterocycles. The molecule has 29 heavy (non-hydrogen) atoms. The molecule has 6 heteroatoms. The van der Waals surface area contributed by atoms with Crippen LogP contribution < -0.4 is 10.2 Å². The van der Waals surface area contributed by atoms with E-state index in [4.69, 9.17) is 9.15 Å². The van der Waals surface area contributed by atoms with Gasteiger partial charge in [-0.1, -0.05) is 30.3 Å². The van der Waals surface area contributed by atoms with Gasteiger partial charge in [0.25, 0.3) is 0 Å². The smallest absolute Gasteiger partial charge is 0.336 e. The zero-order chi connectivity index (χ0) is 20.4. The highest BCUT2D eigenvalue weighted by Crippen LogP contribution is 2.26. The molecule has 0 saturated heterocycles. The zero-order valence-corrected chi connectivity index (χ0v) is 16.7. The molecule has 0 fully saturated rings. The van der Waals surface area contributed by atoms with E-state index < -0.39 is 5.97 Å². The van der Waals surface area contributed by atoms with Gasteiger partial charge in [0.1, 0.15) is 17.1 Å². The number of hydrogen-bond donors (Lipinski definition) is 0. The minimum absolute atomic E-state index is 0.119. The fraction of sp³-hybridized carbons (Fsp3) is 0.0870. The summed E-state index contributed by atoms with van der Waals surface area (Å²) < 4.78 is 11.2. The maximum atomic E-state index is 13.0. The number of aromatic nitrogens is 1. The summed E-state index contributed by atoms with van der Waals surface area (Å²) in [6.07, 6.45) is 2.92. The molecule has 144 valence electrons. The summed E-state index contributed by atoms with van der Waals surface area (Å²) in [6.45, 7) is 3.65. The lowest BCUT2D eigenvalue weighted by Crippen LogP contribution is -2.08. The van der Waals surface area contributed by atoms with Crippen molar-refractivity contribution in [3.63, 3.8) is 0 Å². The molecule has 0 aliphatic rings. The van der Waals surface area contributed by atoms with Gasteiger partial charge in [-0.2, -0.15) is 0 Å². The van der Waals surface area contributed by atoms with Crippen LogP contribution in [0.3, 0.4) is 0 Å². The Balaban J connectivity index is 1.62. The van der Waals surface area contributed by atoms with E-state index in [1.807, 2.05) is 42.6 Å². The number of ether oxygens (including phenoxy) is 1. The van der Waals surface area contributed by atoms with Gasteiger partial charge in [-0.3, -0.25) is 4.79 Å². The molecule has 0 unspecified atom stereocenters. The van der Waals surface area contributed by atoms with Crippen molar-refractivity contribution < 1.29 is 13.9 Å². The molecule has 0 N–H and O–H groups in total. The Labute approximate surface area is 170 Å². The topological polar surface area (TPSA) is 69.4 Å². The molecule has 4 rings (SSSR count). The van der Waals surface area contributed by atoms with Crippen molar-refractivity contribution in [2.24, 2.45) is 0 Å². The van der Waals surface area contributed by atoms with Crippen molar-refractivity contribution in [3.05, 3.63) is 86.7 Å². The summed E-state index contributed by atoms with van der Waals surface area (Å²) in [4.78, 5) is 29.3. The second-order valence-corrected chi connectivity index (χ2v) is 7.49. The molecule has 0 aliphatic carbocycles. The molecule has 2 aromatic heterocycles. The van der Waals surface area contributed by atoms with Gasteiger partial charge in [0.15, 0.2) is 0 Å². The Kier molecular flexibility index (Phi) is 5.10. The first-order valence-corrected chi connectivity index (χ1v) is 9.84. The molecule has 5 nitrogen and oxygen atoms in total. The Bertz CT molecular complexity index is 1290. The van der Waals surface area contributed by atoms with Crippen LogP contribution in [0.4, 0.5) is 0 Å². The third-order valence-electron chi connectivity index (χ3n) is 4.35. The molecule has 4 aromatic rings. The molecule has 0 bridgehead atoms. The number of esters is 1. The Hall–Kier alpha value is -3.51. The molecule has 0 saturated carbocycles. The van der Waals surface area contributed by atoms with Gasteiger partial charge in [0.05, 0.1) is 21.7 Å². The first-order chi connectivity index (χ1) is 14.0. The van der Waals surface area contributed by atoms with Crippen LogP contribution in [0.25, 0.3) is 28.2 Å². The molecule has 0 spiro atoms. The number of carbonyl (C=O) groups is 1. The van der Waals surface area contributed by atoms with E-state index in [1.165, 1.54) is 17.4 Å². The fourth-order valence-corrected chi connectivity index (χ4v) is 3.63. The number of carbonyl (C=O) groups excluding carboxylic acids is 1. The lowest BCUT2D eigenvalue weighted by molar-refractivity contribution is -0.128. The highest BCUT2D eigenvalue weighted by atomic mass is 32.1. The SMILES string of the molecule is Cc1nc(/C=C/C(=O)Oc2ccc3c(=O)c(-c4ccccc4)c(C)oc3c2)cs1. The zero-order valence-electron chi connectivity index (χ0n) is 15.8. The van der Waals surface area contributed by atoms with Gasteiger partial charge in [0, 0.05) is 17.5 Å². The first kappa shape index (κ1) is 18.8. The molecule has 2 aromatic carbocycles. The number of rotatable bonds is 4. The number of nitrogens with zero attached hydrogens (tertiary/aromatic N) is 1. The summed E-state index contributed by atoms with van der Waals surface area (Å²) >= 11 is 1.51. The predicted octanol–water partition coefficient (Wildman–Crippen LogP) is 5.15. The second kappa shape index (κ2) is 7.85.